The average Bonchev–Trinajstić information content (AvgIpc) is 3.28. The topological polar surface area (TPSA) is 118 Å². The highest BCUT2D eigenvalue weighted by Gasteiger charge is 2.17. The number of anilines is 1. The number of benzene rings is 1. The minimum absolute atomic E-state index is 0.0495. The summed E-state index contributed by atoms with van der Waals surface area (Å²) in [6.45, 7) is 0. The number of pyridine rings is 2. The van der Waals surface area contributed by atoms with Gasteiger partial charge in [0.1, 0.15) is 16.8 Å². The van der Waals surface area contributed by atoms with Gasteiger partial charge in [0, 0.05) is 19.0 Å². The Hall–Kier alpha value is -3.83. The van der Waals surface area contributed by atoms with Crippen molar-refractivity contribution >= 4 is 50.8 Å². The Balaban J connectivity index is 1.43. The summed E-state index contributed by atoms with van der Waals surface area (Å²) in [5, 5.41) is 19.9. The Morgan fingerprint density at radius 1 is 1.15 bits per heavy atom. The maximum Gasteiger partial charge on any atom is 0.267 e. The normalized spacial score (nSPS) is 11.2. The lowest BCUT2D eigenvalue weighted by Gasteiger charge is -2.10. The third-order valence-electron chi connectivity index (χ3n) is 5.02. The quantitative estimate of drug-likeness (QED) is 0.229. The van der Waals surface area contributed by atoms with E-state index in [0.29, 0.717) is 16.4 Å². The van der Waals surface area contributed by atoms with Crippen LogP contribution in [-0.2, 0) is 12.8 Å². The van der Waals surface area contributed by atoms with Crippen LogP contribution in [0.2, 0.25) is 0 Å². The van der Waals surface area contributed by atoms with Crippen LogP contribution in [0.4, 0.5) is 5.13 Å². The molecule has 5 aromatic rings. The van der Waals surface area contributed by atoms with Gasteiger partial charge in [-0.1, -0.05) is 59.5 Å². The van der Waals surface area contributed by atoms with Gasteiger partial charge in [0.05, 0.1) is 10.9 Å². The molecule has 0 aliphatic carbocycles. The predicted molar refractivity (Wildman–Crippen MR) is 128 cm³/mol. The van der Waals surface area contributed by atoms with Gasteiger partial charge in [-0.3, -0.25) is 24.7 Å². The van der Waals surface area contributed by atoms with E-state index in [4.69, 9.17) is 5.41 Å². The lowest BCUT2D eigenvalue weighted by atomic mass is 10.2. The van der Waals surface area contributed by atoms with Crippen molar-refractivity contribution in [2.45, 2.75) is 10.1 Å². The summed E-state index contributed by atoms with van der Waals surface area (Å²) >= 11 is 2.78. The molecule has 0 radical (unpaired) electrons. The molecule has 164 valence electrons. The third-order valence-corrected chi connectivity index (χ3v) is 7.07. The molecule has 33 heavy (non-hydrogen) atoms. The van der Waals surface area contributed by atoms with E-state index in [1.807, 2.05) is 30.3 Å². The maximum absolute atomic E-state index is 13.0. The Kier molecular flexibility index (Phi) is 5.48. The number of aryl methyl sites for hydroxylation is 1. The Labute approximate surface area is 195 Å². The molecule has 0 unspecified atom stereocenters. The van der Waals surface area contributed by atoms with Gasteiger partial charge in [0.25, 0.3) is 11.5 Å². The third kappa shape index (κ3) is 4.03. The molecule has 0 bridgehead atoms. The van der Waals surface area contributed by atoms with E-state index >= 15 is 0 Å². The van der Waals surface area contributed by atoms with Crippen molar-refractivity contribution in [2.75, 3.05) is 5.32 Å². The van der Waals surface area contributed by atoms with Crippen LogP contribution in [0, 0.1) is 5.41 Å². The maximum atomic E-state index is 13.0. The van der Waals surface area contributed by atoms with Gasteiger partial charge in [0.15, 0.2) is 4.34 Å². The lowest BCUT2D eigenvalue weighted by Crippen LogP contribution is -2.30. The second-order valence-corrected chi connectivity index (χ2v) is 9.35. The Bertz CT molecular complexity index is 1620. The van der Waals surface area contributed by atoms with Crippen molar-refractivity contribution in [3.05, 3.63) is 87.8 Å². The molecule has 0 atom stereocenters. The van der Waals surface area contributed by atoms with E-state index in [1.54, 1.807) is 31.4 Å². The number of fused-ring (bicyclic) bond motifs is 2. The molecule has 0 fully saturated rings. The fraction of sp³-hybridized carbons (Fsp3) is 0.0909. The van der Waals surface area contributed by atoms with Crippen molar-refractivity contribution < 1.29 is 4.79 Å². The monoisotopic (exact) mass is 475 g/mol. The van der Waals surface area contributed by atoms with Gasteiger partial charge in [-0.05, 0) is 23.8 Å². The zero-order chi connectivity index (χ0) is 22.9. The van der Waals surface area contributed by atoms with Crippen LogP contribution in [-0.4, -0.2) is 30.1 Å². The molecule has 0 aliphatic rings. The van der Waals surface area contributed by atoms with Gasteiger partial charge < -0.3 is 4.57 Å². The number of nitrogens with one attached hydrogen (secondary N) is 2. The van der Waals surface area contributed by atoms with Gasteiger partial charge in [0.2, 0.25) is 5.13 Å². The number of carbonyl (C=O) groups excluding carboxylic acids is 1. The zero-order valence-electron chi connectivity index (χ0n) is 17.3. The summed E-state index contributed by atoms with van der Waals surface area (Å²) in [7, 11) is 1.61. The van der Waals surface area contributed by atoms with Crippen molar-refractivity contribution in [1.29, 1.82) is 5.41 Å². The first-order chi connectivity index (χ1) is 16.0. The number of hydrogen-bond donors (Lipinski definition) is 2. The van der Waals surface area contributed by atoms with Crippen LogP contribution in [0.15, 0.2) is 69.9 Å². The second-order valence-electron chi connectivity index (χ2n) is 7.15. The molecular formula is C22H17N7O2S2. The van der Waals surface area contributed by atoms with Crippen LogP contribution in [0.25, 0.3) is 16.7 Å². The molecule has 2 N–H and O–H groups in total. The summed E-state index contributed by atoms with van der Waals surface area (Å²) in [5.74, 6) is 0.205. The standard InChI is InChI=1S/C22H17N7O2S2/c1-28-17(23)14(11-15-18(28)24-16-9-5-6-10-29(16)20(15)31)19(30)25-21-26-27-22(33-21)32-12-13-7-3-2-4-8-13/h2-11,23H,12H2,1H3,(H,25,26,30). The number of hydrogen-bond acceptors (Lipinski definition) is 8. The highest BCUT2D eigenvalue weighted by atomic mass is 32.2. The Morgan fingerprint density at radius 3 is 2.76 bits per heavy atom. The molecule has 0 saturated carbocycles. The Morgan fingerprint density at radius 2 is 1.94 bits per heavy atom. The zero-order valence-corrected chi connectivity index (χ0v) is 19.0. The van der Waals surface area contributed by atoms with Crippen LogP contribution in [0.1, 0.15) is 15.9 Å². The fourth-order valence-electron chi connectivity index (χ4n) is 3.35. The number of carbonyl (C=O) groups is 1. The van der Waals surface area contributed by atoms with E-state index in [-0.39, 0.29) is 22.0 Å². The molecule has 4 heterocycles. The minimum atomic E-state index is -0.536. The van der Waals surface area contributed by atoms with Crippen molar-refractivity contribution in [2.24, 2.45) is 7.05 Å². The summed E-state index contributed by atoms with van der Waals surface area (Å²) < 4.78 is 3.56. The minimum Gasteiger partial charge on any atom is -0.313 e. The number of thioether (sulfide) groups is 1. The fourth-order valence-corrected chi connectivity index (χ4v) is 5.05. The molecule has 5 rings (SSSR count). The smallest absolute Gasteiger partial charge is 0.267 e. The van der Waals surface area contributed by atoms with Crippen LogP contribution >= 0.6 is 23.1 Å². The SMILES string of the molecule is Cn1c(=N)c(C(=O)Nc2nnc(SCc3ccccc3)s2)cc2c(=O)n3ccccc3nc21. The molecule has 1 aromatic carbocycles. The largest absolute Gasteiger partial charge is 0.313 e. The highest BCUT2D eigenvalue weighted by Crippen LogP contribution is 2.28. The van der Waals surface area contributed by atoms with Gasteiger partial charge >= 0.3 is 0 Å². The summed E-state index contributed by atoms with van der Waals surface area (Å²) in [6, 6.07) is 16.6. The molecule has 4 aromatic heterocycles. The average molecular weight is 476 g/mol. The first-order valence-electron chi connectivity index (χ1n) is 9.88. The van der Waals surface area contributed by atoms with E-state index in [0.717, 1.165) is 10.1 Å². The van der Waals surface area contributed by atoms with Gasteiger partial charge in [-0.15, -0.1) is 10.2 Å². The first-order valence-corrected chi connectivity index (χ1v) is 11.7. The molecule has 11 heteroatoms. The molecular weight excluding hydrogens is 458 g/mol. The molecule has 0 aliphatic heterocycles. The van der Waals surface area contributed by atoms with Gasteiger partial charge in [-0.25, -0.2) is 4.98 Å². The van der Waals surface area contributed by atoms with Crippen LogP contribution in [0.5, 0.6) is 0 Å². The summed E-state index contributed by atoms with van der Waals surface area (Å²) in [5.41, 5.74) is 1.65. The van der Waals surface area contributed by atoms with Crippen LogP contribution < -0.4 is 16.4 Å². The van der Waals surface area contributed by atoms with E-state index in [2.05, 4.69) is 20.5 Å². The van der Waals surface area contributed by atoms with E-state index in [9.17, 15) is 9.59 Å². The van der Waals surface area contributed by atoms with Crippen molar-refractivity contribution in [1.82, 2.24) is 24.1 Å². The molecule has 0 saturated heterocycles. The number of amides is 1. The lowest BCUT2D eigenvalue weighted by molar-refractivity contribution is 0.102. The number of rotatable bonds is 5. The van der Waals surface area contributed by atoms with Gasteiger partial charge in [-0.2, -0.15) is 0 Å². The van der Waals surface area contributed by atoms with Crippen LogP contribution in [0.3, 0.4) is 0 Å². The predicted octanol–water partition coefficient (Wildman–Crippen LogP) is 3.06. The van der Waals surface area contributed by atoms with Crippen molar-refractivity contribution in [3.8, 4) is 0 Å². The second kappa shape index (κ2) is 8.60. The molecule has 1 amide bonds. The van der Waals surface area contributed by atoms with E-state index < -0.39 is 5.91 Å². The molecule has 0 spiro atoms. The number of nitrogens with zero attached hydrogens (tertiary/aromatic N) is 5. The highest BCUT2D eigenvalue weighted by molar-refractivity contribution is 8.00. The summed E-state index contributed by atoms with van der Waals surface area (Å²) in [4.78, 5) is 30.4. The summed E-state index contributed by atoms with van der Waals surface area (Å²) in [6.07, 6.45) is 1.62. The number of aromatic nitrogens is 5. The van der Waals surface area contributed by atoms with Crippen molar-refractivity contribution in [3.63, 3.8) is 0 Å². The first kappa shape index (κ1) is 21.0. The molecule has 9 nitrogen and oxygen atoms in total. The van der Waals surface area contributed by atoms with E-state index in [1.165, 1.54) is 43.7 Å².